The number of rotatable bonds is 4. The molecule has 2 aromatic rings. The Balaban J connectivity index is 1.66. The molecule has 1 saturated heterocycles. The molecule has 2 N–H and O–H groups in total. The summed E-state index contributed by atoms with van der Waals surface area (Å²) in [6, 6.07) is 3.50. The number of benzene rings is 1. The number of nitrogens with one attached hydrogen (secondary N) is 2. The zero-order chi connectivity index (χ0) is 17.8. The molecule has 0 aliphatic carbocycles. The molecule has 0 spiro atoms. The van der Waals surface area contributed by atoms with Gasteiger partial charge in [-0.1, -0.05) is 22.9 Å². The highest BCUT2D eigenvalue weighted by Crippen LogP contribution is 2.18. The third-order valence-corrected chi connectivity index (χ3v) is 4.31. The molecule has 1 aliphatic heterocycles. The van der Waals surface area contributed by atoms with Gasteiger partial charge in [-0.2, -0.15) is 0 Å². The van der Waals surface area contributed by atoms with Gasteiger partial charge in [0.25, 0.3) is 5.91 Å². The summed E-state index contributed by atoms with van der Waals surface area (Å²) < 4.78 is 14.5. The van der Waals surface area contributed by atoms with Crippen LogP contribution in [0.15, 0.2) is 24.4 Å². The van der Waals surface area contributed by atoms with Gasteiger partial charge in [-0.3, -0.25) is 9.59 Å². The van der Waals surface area contributed by atoms with Crippen LogP contribution < -0.4 is 10.6 Å². The molecule has 3 rings (SSSR count). The first-order valence-corrected chi connectivity index (χ1v) is 8.33. The lowest BCUT2D eigenvalue weighted by molar-refractivity contribution is -0.122. The standard InChI is InChI=1S/C16H17ClFN5O2/c17-12-7-11(18)5-4-10(12)8-23-9-14(21-22-23)16(25)20-13-3-1-2-6-19-15(13)24/h4-5,7,9,13H,1-3,6,8H2,(H,19,24)(H,20,25)/t13-/m0/s1. The highest BCUT2D eigenvalue weighted by molar-refractivity contribution is 6.31. The normalized spacial score (nSPS) is 17.7. The van der Waals surface area contributed by atoms with E-state index in [0.29, 0.717) is 18.5 Å². The summed E-state index contributed by atoms with van der Waals surface area (Å²) in [6.07, 6.45) is 3.81. The smallest absolute Gasteiger partial charge is 0.274 e. The lowest BCUT2D eigenvalue weighted by Crippen LogP contribution is -2.45. The van der Waals surface area contributed by atoms with E-state index in [2.05, 4.69) is 20.9 Å². The average Bonchev–Trinajstić information content (AvgIpc) is 2.95. The summed E-state index contributed by atoms with van der Waals surface area (Å²) in [6.45, 7) is 0.878. The van der Waals surface area contributed by atoms with E-state index in [-0.39, 0.29) is 23.2 Å². The van der Waals surface area contributed by atoms with Gasteiger partial charge < -0.3 is 10.6 Å². The number of halogens is 2. The highest BCUT2D eigenvalue weighted by Gasteiger charge is 2.24. The molecule has 132 valence electrons. The number of aromatic nitrogens is 3. The van der Waals surface area contributed by atoms with Crippen molar-refractivity contribution in [2.45, 2.75) is 31.8 Å². The average molecular weight is 366 g/mol. The molecule has 1 aliphatic rings. The summed E-state index contributed by atoms with van der Waals surface area (Å²) in [5.41, 5.74) is 0.762. The van der Waals surface area contributed by atoms with Crippen LogP contribution in [-0.4, -0.2) is 39.4 Å². The molecular weight excluding hydrogens is 349 g/mol. The molecule has 0 bridgehead atoms. The van der Waals surface area contributed by atoms with Crippen LogP contribution >= 0.6 is 11.6 Å². The van der Waals surface area contributed by atoms with Crippen molar-refractivity contribution in [2.75, 3.05) is 6.54 Å². The van der Waals surface area contributed by atoms with Gasteiger partial charge in [0.15, 0.2) is 5.69 Å². The molecule has 25 heavy (non-hydrogen) atoms. The quantitative estimate of drug-likeness (QED) is 0.859. The minimum absolute atomic E-state index is 0.107. The number of nitrogens with zero attached hydrogens (tertiary/aromatic N) is 3. The summed E-state index contributed by atoms with van der Waals surface area (Å²) in [7, 11) is 0. The van der Waals surface area contributed by atoms with Gasteiger partial charge in [0.2, 0.25) is 5.91 Å². The fourth-order valence-corrected chi connectivity index (χ4v) is 2.84. The summed E-state index contributed by atoms with van der Waals surface area (Å²) in [5, 5.41) is 13.4. The Bertz CT molecular complexity index is 795. The molecule has 1 atom stereocenters. The number of amides is 2. The SMILES string of the molecule is O=C(N[C@H]1CCCCNC1=O)c1cn(Cc2ccc(F)cc2Cl)nn1. The molecule has 2 heterocycles. The molecule has 2 amide bonds. The second-order valence-electron chi connectivity index (χ2n) is 5.85. The topological polar surface area (TPSA) is 88.9 Å². The largest absolute Gasteiger partial charge is 0.354 e. The van der Waals surface area contributed by atoms with E-state index in [1.165, 1.54) is 23.0 Å². The Kier molecular flexibility index (Phi) is 5.28. The molecule has 1 fully saturated rings. The van der Waals surface area contributed by atoms with Crippen LogP contribution in [0.4, 0.5) is 4.39 Å². The van der Waals surface area contributed by atoms with Gasteiger partial charge in [-0.25, -0.2) is 9.07 Å². The van der Waals surface area contributed by atoms with Crippen molar-refractivity contribution >= 4 is 23.4 Å². The maximum atomic E-state index is 13.1. The van der Waals surface area contributed by atoms with Gasteiger partial charge in [0.05, 0.1) is 12.7 Å². The summed E-state index contributed by atoms with van der Waals surface area (Å²) in [4.78, 5) is 24.1. The first-order valence-electron chi connectivity index (χ1n) is 7.95. The molecular formula is C16H17ClFN5O2. The maximum absolute atomic E-state index is 13.1. The highest BCUT2D eigenvalue weighted by atomic mass is 35.5. The van der Waals surface area contributed by atoms with E-state index >= 15 is 0 Å². The van der Waals surface area contributed by atoms with Gasteiger partial charge >= 0.3 is 0 Å². The lowest BCUT2D eigenvalue weighted by Gasteiger charge is -2.13. The van der Waals surface area contributed by atoms with Gasteiger partial charge in [0, 0.05) is 11.6 Å². The van der Waals surface area contributed by atoms with Crippen molar-refractivity contribution in [3.8, 4) is 0 Å². The Morgan fingerprint density at radius 1 is 1.44 bits per heavy atom. The fraction of sp³-hybridized carbons (Fsp3) is 0.375. The first-order chi connectivity index (χ1) is 12.0. The molecule has 1 aromatic heterocycles. The summed E-state index contributed by atoms with van der Waals surface area (Å²) in [5.74, 6) is -1.07. The molecule has 0 radical (unpaired) electrons. The summed E-state index contributed by atoms with van der Waals surface area (Å²) >= 11 is 5.98. The fourth-order valence-electron chi connectivity index (χ4n) is 2.61. The van der Waals surface area contributed by atoms with Crippen molar-refractivity contribution < 1.29 is 14.0 Å². The van der Waals surface area contributed by atoms with E-state index < -0.39 is 17.8 Å². The number of carbonyl (C=O) groups excluding carboxylic acids is 2. The lowest BCUT2D eigenvalue weighted by atomic mass is 10.1. The zero-order valence-electron chi connectivity index (χ0n) is 13.3. The van der Waals surface area contributed by atoms with E-state index in [9.17, 15) is 14.0 Å². The first kappa shape index (κ1) is 17.3. The second-order valence-corrected chi connectivity index (χ2v) is 6.26. The van der Waals surface area contributed by atoms with Crippen molar-refractivity contribution in [3.63, 3.8) is 0 Å². The Morgan fingerprint density at radius 3 is 3.08 bits per heavy atom. The predicted octanol–water partition coefficient (Wildman–Crippen LogP) is 1.52. The number of hydrogen-bond donors (Lipinski definition) is 2. The van der Waals surface area contributed by atoms with Crippen LogP contribution in [0.1, 0.15) is 35.3 Å². The van der Waals surface area contributed by atoms with Crippen LogP contribution in [0.25, 0.3) is 0 Å². The molecule has 9 heteroatoms. The van der Waals surface area contributed by atoms with Crippen LogP contribution in [0.5, 0.6) is 0 Å². The third-order valence-electron chi connectivity index (χ3n) is 3.96. The van der Waals surface area contributed by atoms with Crippen molar-refractivity contribution in [2.24, 2.45) is 0 Å². The zero-order valence-corrected chi connectivity index (χ0v) is 14.1. The monoisotopic (exact) mass is 365 g/mol. The van der Waals surface area contributed by atoms with E-state index in [4.69, 9.17) is 11.6 Å². The predicted molar refractivity (Wildman–Crippen MR) is 88.6 cm³/mol. The van der Waals surface area contributed by atoms with Gasteiger partial charge in [-0.15, -0.1) is 5.10 Å². The minimum Gasteiger partial charge on any atom is -0.354 e. The molecule has 1 aromatic carbocycles. The van der Waals surface area contributed by atoms with Gasteiger partial charge in [0.1, 0.15) is 11.9 Å². The van der Waals surface area contributed by atoms with Gasteiger partial charge in [-0.05, 0) is 37.0 Å². The van der Waals surface area contributed by atoms with Crippen LogP contribution in [0.2, 0.25) is 5.02 Å². The van der Waals surface area contributed by atoms with E-state index in [1.807, 2.05) is 0 Å². The Morgan fingerprint density at radius 2 is 2.28 bits per heavy atom. The van der Waals surface area contributed by atoms with Crippen LogP contribution in [-0.2, 0) is 11.3 Å². The maximum Gasteiger partial charge on any atom is 0.274 e. The Hall–Kier alpha value is -2.48. The van der Waals surface area contributed by atoms with Crippen molar-refractivity contribution in [1.29, 1.82) is 0 Å². The van der Waals surface area contributed by atoms with Crippen molar-refractivity contribution in [1.82, 2.24) is 25.6 Å². The number of hydrogen-bond acceptors (Lipinski definition) is 4. The molecule has 0 saturated carbocycles. The van der Waals surface area contributed by atoms with Crippen LogP contribution in [0.3, 0.4) is 0 Å². The second kappa shape index (κ2) is 7.60. The van der Waals surface area contributed by atoms with Crippen molar-refractivity contribution in [3.05, 3.63) is 46.5 Å². The Labute approximate surface area is 148 Å². The van der Waals surface area contributed by atoms with E-state index in [0.717, 1.165) is 12.8 Å². The van der Waals surface area contributed by atoms with E-state index in [1.54, 1.807) is 6.07 Å². The van der Waals surface area contributed by atoms with Crippen LogP contribution in [0, 0.1) is 5.82 Å². The minimum atomic E-state index is -0.563. The third kappa shape index (κ3) is 4.33. The molecule has 7 nitrogen and oxygen atoms in total. The molecule has 0 unspecified atom stereocenters. The number of carbonyl (C=O) groups is 2.